The minimum atomic E-state index is 0.355. The van der Waals surface area contributed by atoms with Crippen LogP contribution in [-0.4, -0.2) is 69.4 Å². The van der Waals surface area contributed by atoms with Gasteiger partial charge in [0.05, 0.1) is 17.7 Å². The van der Waals surface area contributed by atoms with Gasteiger partial charge in [-0.15, -0.1) is 0 Å². The lowest BCUT2D eigenvalue weighted by atomic mass is 10.2. The molecule has 0 aromatic heterocycles. The van der Waals surface area contributed by atoms with Crippen molar-refractivity contribution in [3.8, 4) is 11.8 Å². The van der Waals surface area contributed by atoms with Crippen LogP contribution in [-0.2, 0) is 4.74 Å². The largest absolute Gasteiger partial charge is 0.492 e. The fourth-order valence-electron chi connectivity index (χ4n) is 2.84. The number of nitriles is 1. The highest BCUT2D eigenvalue weighted by atomic mass is 16.5. The first-order valence-corrected chi connectivity index (χ1v) is 7.67. The van der Waals surface area contributed by atoms with E-state index < -0.39 is 0 Å². The third-order valence-electron chi connectivity index (χ3n) is 4.21. The molecule has 120 valence electrons. The molecule has 1 aliphatic rings. The second-order valence-corrected chi connectivity index (χ2v) is 5.94. The summed E-state index contributed by atoms with van der Waals surface area (Å²) in [5.74, 6) is 0.755. The Bertz CT molecular complexity index is 515. The van der Waals surface area contributed by atoms with Gasteiger partial charge in [-0.25, -0.2) is 0 Å². The van der Waals surface area contributed by atoms with Gasteiger partial charge >= 0.3 is 0 Å². The van der Waals surface area contributed by atoms with Crippen LogP contribution in [0.2, 0.25) is 0 Å². The SMILES string of the molecule is CO[C@H]1C[C@@H](CN(C)CCOc2cccc(C#N)c2)N(C)C1. The average molecular weight is 303 g/mol. The number of methoxy groups -OCH3 is 1. The Kier molecular flexibility index (Phi) is 6.20. The van der Waals surface area contributed by atoms with Crippen molar-refractivity contribution in [2.45, 2.75) is 18.6 Å². The van der Waals surface area contributed by atoms with Gasteiger partial charge in [0, 0.05) is 32.8 Å². The molecule has 0 aliphatic carbocycles. The van der Waals surface area contributed by atoms with Gasteiger partial charge in [0.1, 0.15) is 12.4 Å². The van der Waals surface area contributed by atoms with Crippen molar-refractivity contribution in [2.24, 2.45) is 0 Å². The average Bonchev–Trinajstić information content (AvgIpc) is 2.87. The minimum absolute atomic E-state index is 0.355. The van der Waals surface area contributed by atoms with Gasteiger partial charge in [0.25, 0.3) is 0 Å². The third kappa shape index (κ3) is 4.70. The second kappa shape index (κ2) is 8.14. The molecule has 1 aliphatic heterocycles. The van der Waals surface area contributed by atoms with Gasteiger partial charge in [-0.2, -0.15) is 5.26 Å². The predicted octanol–water partition coefficient (Wildman–Crippen LogP) is 1.59. The first-order chi connectivity index (χ1) is 10.6. The molecule has 0 N–H and O–H groups in total. The predicted molar refractivity (Wildman–Crippen MR) is 86.0 cm³/mol. The third-order valence-corrected chi connectivity index (χ3v) is 4.21. The van der Waals surface area contributed by atoms with E-state index in [1.165, 1.54) is 0 Å². The molecule has 5 nitrogen and oxygen atoms in total. The summed E-state index contributed by atoms with van der Waals surface area (Å²) in [5.41, 5.74) is 0.629. The maximum absolute atomic E-state index is 8.87. The summed E-state index contributed by atoms with van der Waals surface area (Å²) in [7, 11) is 6.05. The van der Waals surface area contributed by atoms with E-state index in [1.807, 2.05) is 12.1 Å². The highest BCUT2D eigenvalue weighted by molar-refractivity contribution is 5.36. The van der Waals surface area contributed by atoms with Gasteiger partial charge < -0.3 is 14.4 Å². The molecule has 0 amide bonds. The van der Waals surface area contributed by atoms with E-state index >= 15 is 0 Å². The van der Waals surface area contributed by atoms with E-state index in [0.29, 0.717) is 24.3 Å². The summed E-state index contributed by atoms with van der Waals surface area (Å²) in [6, 6.07) is 9.94. The standard InChI is InChI=1S/C17H25N3O2/c1-19(12-15-10-17(21-3)13-20(15)2)7-8-22-16-6-4-5-14(9-16)11-18/h4-6,9,15,17H,7-8,10,12-13H2,1-3H3/t15-,17-/m0/s1. The highest BCUT2D eigenvalue weighted by Crippen LogP contribution is 2.18. The zero-order valence-electron chi connectivity index (χ0n) is 13.7. The van der Waals surface area contributed by atoms with Crippen LogP contribution < -0.4 is 4.74 Å². The molecular formula is C17H25N3O2. The summed E-state index contributed by atoms with van der Waals surface area (Å²) in [4.78, 5) is 4.65. The molecule has 1 aromatic rings. The number of likely N-dealkylation sites (N-methyl/N-ethyl adjacent to an activating group) is 2. The molecule has 0 radical (unpaired) electrons. The van der Waals surface area contributed by atoms with Crippen molar-refractivity contribution < 1.29 is 9.47 Å². The second-order valence-electron chi connectivity index (χ2n) is 5.94. The number of nitrogens with zero attached hydrogens (tertiary/aromatic N) is 3. The number of hydrogen-bond acceptors (Lipinski definition) is 5. The summed E-state index contributed by atoms with van der Waals surface area (Å²) in [6.45, 7) is 3.50. The van der Waals surface area contributed by atoms with Crippen LogP contribution in [0, 0.1) is 11.3 Å². The molecule has 0 unspecified atom stereocenters. The van der Waals surface area contributed by atoms with Gasteiger partial charge in [0.2, 0.25) is 0 Å². The van der Waals surface area contributed by atoms with Crippen LogP contribution in [0.1, 0.15) is 12.0 Å². The number of likely N-dealkylation sites (tertiary alicyclic amines) is 1. The zero-order valence-corrected chi connectivity index (χ0v) is 13.7. The van der Waals surface area contributed by atoms with Crippen molar-refractivity contribution in [2.75, 3.05) is 47.4 Å². The van der Waals surface area contributed by atoms with Crippen LogP contribution >= 0.6 is 0 Å². The molecule has 1 fully saturated rings. The molecule has 22 heavy (non-hydrogen) atoms. The molecule has 1 aromatic carbocycles. The van der Waals surface area contributed by atoms with Crippen LogP contribution in [0.15, 0.2) is 24.3 Å². The fraction of sp³-hybridized carbons (Fsp3) is 0.588. The molecule has 0 spiro atoms. The first-order valence-electron chi connectivity index (χ1n) is 7.67. The molecule has 2 rings (SSSR count). The van der Waals surface area contributed by atoms with Gasteiger partial charge in [-0.3, -0.25) is 4.90 Å². The minimum Gasteiger partial charge on any atom is -0.492 e. The van der Waals surface area contributed by atoms with Gasteiger partial charge in [0.15, 0.2) is 0 Å². The summed E-state index contributed by atoms with van der Waals surface area (Å²) >= 11 is 0. The lowest BCUT2D eigenvalue weighted by molar-refractivity contribution is 0.111. The topological polar surface area (TPSA) is 48.7 Å². The Balaban J connectivity index is 1.71. The first kappa shape index (κ1) is 16.8. The smallest absolute Gasteiger partial charge is 0.120 e. The van der Waals surface area contributed by atoms with Crippen molar-refractivity contribution >= 4 is 0 Å². The number of ether oxygens (including phenoxy) is 2. The molecule has 1 heterocycles. The molecule has 1 saturated heterocycles. The summed E-state index contributed by atoms with van der Waals surface area (Å²) in [6.07, 6.45) is 1.44. The Morgan fingerprint density at radius 3 is 2.95 bits per heavy atom. The van der Waals surface area contributed by atoms with Gasteiger partial charge in [-0.1, -0.05) is 6.07 Å². The molecule has 5 heteroatoms. The van der Waals surface area contributed by atoms with Crippen LogP contribution in [0.3, 0.4) is 0 Å². The Hall–Kier alpha value is -1.61. The van der Waals surface area contributed by atoms with Crippen LogP contribution in [0.25, 0.3) is 0 Å². The number of benzene rings is 1. The monoisotopic (exact) mass is 303 g/mol. The Labute approximate surface area is 133 Å². The Morgan fingerprint density at radius 2 is 2.27 bits per heavy atom. The quantitative estimate of drug-likeness (QED) is 0.765. The van der Waals surface area contributed by atoms with Gasteiger partial charge in [-0.05, 0) is 38.7 Å². The number of rotatable bonds is 7. The highest BCUT2D eigenvalue weighted by Gasteiger charge is 2.29. The molecule has 0 saturated carbocycles. The van der Waals surface area contributed by atoms with E-state index in [4.69, 9.17) is 14.7 Å². The van der Waals surface area contributed by atoms with Crippen molar-refractivity contribution in [3.05, 3.63) is 29.8 Å². The maximum atomic E-state index is 8.87. The molecule has 2 atom stereocenters. The lowest BCUT2D eigenvalue weighted by Gasteiger charge is -2.25. The Morgan fingerprint density at radius 1 is 1.45 bits per heavy atom. The van der Waals surface area contributed by atoms with E-state index in [-0.39, 0.29) is 0 Å². The normalized spacial score (nSPS) is 22.0. The van der Waals surface area contributed by atoms with Crippen molar-refractivity contribution in [3.63, 3.8) is 0 Å². The molecule has 0 bridgehead atoms. The zero-order chi connectivity index (χ0) is 15.9. The summed E-state index contributed by atoms with van der Waals surface area (Å²) in [5, 5.41) is 8.87. The van der Waals surface area contributed by atoms with E-state index in [0.717, 1.165) is 31.8 Å². The number of hydrogen-bond donors (Lipinski definition) is 0. The van der Waals surface area contributed by atoms with E-state index in [9.17, 15) is 0 Å². The van der Waals surface area contributed by atoms with Crippen molar-refractivity contribution in [1.29, 1.82) is 5.26 Å². The van der Waals surface area contributed by atoms with E-state index in [2.05, 4.69) is 30.0 Å². The maximum Gasteiger partial charge on any atom is 0.120 e. The lowest BCUT2D eigenvalue weighted by Crippen LogP contribution is -2.38. The van der Waals surface area contributed by atoms with Crippen molar-refractivity contribution in [1.82, 2.24) is 9.80 Å². The van der Waals surface area contributed by atoms with Crippen LogP contribution in [0.4, 0.5) is 0 Å². The van der Waals surface area contributed by atoms with Crippen LogP contribution in [0.5, 0.6) is 5.75 Å². The summed E-state index contributed by atoms with van der Waals surface area (Å²) < 4.78 is 11.2. The van der Waals surface area contributed by atoms with E-state index in [1.54, 1.807) is 19.2 Å². The fourth-order valence-corrected chi connectivity index (χ4v) is 2.84. The molecular weight excluding hydrogens is 278 g/mol.